The van der Waals surface area contributed by atoms with Gasteiger partial charge in [0.1, 0.15) is 0 Å². The van der Waals surface area contributed by atoms with Crippen LogP contribution in [0.3, 0.4) is 0 Å². The standard InChI is InChI=1S/C16H18N2O/c1-10-6-7-11(2)14-12(10)8-13(15(19)18(14)5)16(3,4)9-17/h6-8H,1-5H3. The average Bonchev–Trinajstić information content (AvgIpc) is 2.37. The van der Waals surface area contributed by atoms with Crippen LogP contribution in [-0.2, 0) is 12.5 Å². The minimum absolute atomic E-state index is 0.0900. The van der Waals surface area contributed by atoms with Crippen LogP contribution in [0, 0.1) is 25.2 Å². The number of nitriles is 1. The topological polar surface area (TPSA) is 45.8 Å². The Balaban J connectivity index is 3.02. The van der Waals surface area contributed by atoms with E-state index in [1.165, 1.54) is 0 Å². The fourth-order valence-corrected chi connectivity index (χ4v) is 2.44. The van der Waals surface area contributed by atoms with Crippen molar-refractivity contribution in [2.75, 3.05) is 0 Å². The van der Waals surface area contributed by atoms with Gasteiger partial charge in [-0.05, 0) is 44.9 Å². The first-order valence-corrected chi connectivity index (χ1v) is 6.31. The fraction of sp³-hybridized carbons (Fsp3) is 0.375. The van der Waals surface area contributed by atoms with E-state index in [9.17, 15) is 10.1 Å². The molecule has 98 valence electrons. The second kappa shape index (κ2) is 4.24. The predicted octanol–water partition coefficient (Wildman–Crippen LogP) is 2.96. The molecular formula is C16H18N2O. The molecule has 0 bridgehead atoms. The number of aromatic nitrogens is 1. The molecular weight excluding hydrogens is 236 g/mol. The van der Waals surface area contributed by atoms with Gasteiger partial charge in [-0.2, -0.15) is 5.26 Å². The molecule has 0 saturated heterocycles. The van der Waals surface area contributed by atoms with Crippen molar-refractivity contribution in [1.82, 2.24) is 4.57 Å². The van der Waals surface area contributed by atoms with Gasteiger partial charge >= 0.3 is 0 Å². The number of nitrogens with zero attached hydrogens (tertiary/aromatic N) is 2. The lowest BCUT2D eigenvalue weighted by Gasteiger charge is -2.19. The summed E-state index contributed by atoms with van der Waals surface area (Å²) >= 11 is 0. The second-order valence-corrected chi connectivity index (χ2v) is 5.62. The Morgan fingerprint density at radius 1 is 1.21 bits per heavy atom. The van der Waals surface area contributed by atoms with Crippen LogP contribution < -0.4 is 5.56 Å². The van der Waals surface area contributed by atoms with Crippen molar-refractivity contribution in [3.05, 3.63) is 45.2 Å². The zero-order valence-electron chi connectivity index (χ0n) is 12.0. The predicted molar refractivity (Wildman–Crippen MR) is 77.3 cm³/mol. The molecule has 0 atom stereocenters. The monoisotopic (exact) mass is 254 g/mol. The SMILES string of the molecule is Cc1ccc(C)c2c1cc(C(C)(C)C#N)c(=O)n2C. The minimum Gasteiger partial charge on any atom is -0.311 e. The van der Waals surface area contributed by atoms with Crippen molar-refractivity contribution in [3.63, 3.8) is 0 Å². The van der Waals surface area contributed by atoms with Crippen molar-refractivity contribution in [2.45, 2.75) is 33.1 Å². The molecule has 1 heterocycles. The molecule has 0 radical (unpaired) electrons. The van der Waals surface area contributed by atoms with Crippen LogP contribution in [0.15, 0.2) is 23.0 Å². The molecule has 0 unspecified atom stereocenters. The van der Waals surface area contributed by atoms with Crippen molar-refractivity contribution in [3.8, 4) is 6.07 Å². The number of rotatable bonds is 1. The molecule has 0 aliphatic heterocycles. The van der Waals surface area contributed by atoms with Crippen LogP contribution in [0.1, 0.15) is 30.5 Å². The number of fused-ring (bicyclic) bond motifs is 1. The van der Waals surface area contributed by atoms with Gasteiger partial charge in [0.25, 0.3) is 5.56 Å². The van der Waals surface area contributed by atoms with E-state index >= 15 is 0 Å². The summed E-state index contributed by atoms with van der Waals surface area (Å²) in [6.07, 6.45) is 0. The van der Waals surface area contributed by atoms with Crippen LogP contribution in [0.5, 0.6) is 0 Å². The molecule has 0 saturated carbocycles. The number of pyridine rings is 1. The third-order valence-electron chi connectivity index (χ3n) is 3.75. The van der Waals surface area contributed by atoms with Crippen LogP contribution >= 0.6 is 0 Å². The van der Waals surface area contributed by atoms with Crippen molar-refractivity contribution in [2.24, 2.45) is 7.05 Å². The molecule has 19 heavy (non-hydrogen) atoms. The van der Waals surface area contributed by atoms with Crippen molar-refractivity contribution >= 4 is 10.9 Å². The van der Waals surface area contributed by atoms with Crippen LogP contribution in [0.25, 0.3) is 10.9 Å². The molecule has 3 heteroatoms. The van der Waals surface area contributed by atoms with E-state index < -0.39 is 5.41 Å². The number of hydrogen-bond acceptors (Lipinski definition) is 2. The van der Waals surface area contributed by atoms with Crippen LogP contribution in [0.2, 0.25) is 0 Å². The highest BCUT2D eigenvalue weighted by Gasteiger charge is 2.25. The number of hydrogen-bond donors (Lipinski definition) is 0. The summed E-state index contributed by atoms with van der Waals surface area (Å²) in [5.41, 5.74) is 2.82. The molecule has 2 aromatic rings. The van der Waals surface area contributed by atoms with Gasteiger partial charge in [-0.1, -0.05) is 12.1 Å². The summed E-state index contributed by atoms with van der Waals surface area (Å²) in [5.74, 6) is 0. The van der Waals surface area contributed by atoms with E-state index in [1.54, 1.807) is 25.5 Å². The molecule has 0 N–H and O–H groups in total. The van der Waals surface area contributed by atoms with Gasteiger partial charge in [0.05, 0.1) is 17.0 Å². The van der Waals surface area contributed by atoms with Crippen molar-refractivity contribution in [1.29, 1.82) is 5.26 Å². The second-order valence-electron chi connectivity index (χ2n) is 5.62. The molecule has 0 aliphatic rings. The van der Waals surface area contributed by atoms with Gasteiger partial charge in [0, 0.05) is 18.0 Å². The first-order chi connectivity index (χ1) is 8.79. The highest BCUT2D eigenvalue weighted by Crippen LogP contribution is 2.26. The summed E-state index contributed by atoms with van der Waals surface area (Å²) in [6.45, 7) is 7.58. The Morgan fingerprint density at radius 3 is 2.37 bits per heavy atom. The third-order valence-corrected chi connectivity index (χ3v) is 3.75. The number of aryl methyl sites for hydroxylation is 3. The summed E-state index contributed by atoms with van der Waals surface area (Å²) in [4.78, 5) is 12.5. The molecule has 1 aromatic carbocycles. The lowest BCUT2D eigenvalue weighted by molar-refractivity contribution is 0.664. The van der Waals surface area contributed by atoms with Gasteiger partial charge in [-0.25, -0.2) is 0 Å². The van der Waals surface area contributed by atoms with Gasteiger partial charge in [-0.3, -0.25) is 4.79 Å². The molecule has 0 amide bonds. The molecule has 3 nitrogen and oxygen atoms in total. The minimum atomic E-state index is -0.779. The highest BCUT2D eigenvalue weighted by atomic mass is 16.1. The van der Waals surface area contributed by atoms with E-state index in [2.05, 4.69) is 6.07 Å². The summed E-state index contributed by atoms with van der Waals surface area (Å²) in [6, 6.07) is 8.16. The van der Waals surface area contributed by atoms with E-state index in [4.69, 9.17) is 0 Å². The van der Waals surface area contributed by atoms with E-state index in [1.807, 2.05) is 32.0 Å². The molecule has 1 aromatic heterocycles. The maximum Gasteiger partial charge on any atom is 0.255 e. The Hall–Kier alpha value is -2.08. The van der Waals surface area contributed by atoms with Gasteiger partial charge in [-0.15, -0.1) is 0 Å². The van der Waals surface area contributed by atoms with Gasteiger partial charge in [0.15, 0.2) is 0 Å². The first-order valence-electron chi connectivity index (χ1n) is 6.31. The lowest BCUT2D eigenvalue weighted by atomic mass is 9.86. The quantitative estimate of drug-likeness (QED) is 0.785. The zero-order valence-corrected chi connectivity index (χ0v) is 12.0. The van der Waals surface area contributed by atoms with E-state index in [-0.39, 0.29) is 5.56 Å². The Bertz CT molecular complexity index is 761. The van der Waals surface area contributed by atoms with E-state index in [0.29, 0.717) is 5.56 Å². The molecule has 0 fully saturated rings. The van der Waals surface area contributed by atoms with E-state index in [0.717, 1.165) is 22.0 Å². The summed E-state index contributed by atoms with van der Waals surface area (Å²) < 4.78 is 1.66. The maximum atomic E-state index is 12.5. The Kier molecular flexibility index (Phi) is 2.98. The largest absolute Gasteiger partial charge is 0.311 e. The molecule has 0 aliphatic carbocycles. The average molecular weight is 254 g/mol. The Labute approximate surface area is 113 Å². The summed E-state index contributed by atoms with van der Waals surface area (Å²) in [7, 11) is 1.77. The zero-order chi connectivity index (χ0) is 14.4. The van der Waals surface area contributed by atoms with Gasteiger partial charge in [0.2, 0.25) is 0 Å². The summed E-state index contributed by atoms with van der Waals surface area (Å²) in [5, 5.41) is 10.3. The van der Waals surface area contributed by atoms with Crippen LogP contribution in [-0.4, -0.2) is 4.57 Å². The normalized spacial score (nSPS) is 11.6. The Morgan fingerprint density at radius 2 is 1.79 bits per heavy atom. The molecule has 0 spiro atoms. The van der Waals surface area contributed by atoms with Crippen molar-refractivity contribution < 1.29 is 0 Å². The number of benzene rings is 1. The fourth-order valence-electron chi connectivity index (χ4n) is 2.44. The van der Waals surface area contributed by atoms with Crippen LogP contribution in [0.4, 0.5) is 0 Å². The highest BCUT2D eigenvalue weighted by molar-refractivity contribution is 5.86. The lowest BCUT2D eigenvalue weighted by Crippen LogP contribution is -2.30. The maximum absolute atomic E-state index is 12.5. The third kappa shape index (κ3) is 1.94. The molecule has 2 rings (SSSR count). The van der Waals surface area contributed by atoms with Gasteiger partial charge < -0.3 is 4.57 Å². The smallest absolute Gasteiger partial charge is 0.255 e. The first kappa shape index (κ1) is 13.4.